The first-order chi connectivity index (χ1) is 5.94. The number of hydrogen-bond donors (Lipinski definition) is 1. The van der Waals surface area contributed by atoms with E-state index in [0.29, 0.717) is 11.3 Å². The fourth-order valence-electron chi connectivity index (χ4n) is 3.01. The largest absolute Gasteiger partial charge is 0.393 e. The van der Waals surface area contributed by atoms with E-state index in [2.05, 4.69) is 26.8 Å². The molecule has 0 heterocycles. The predicted octanol–water partition coefficient (Wildman–Crippen LogP) is 2.61. The van der Waals surface area contributed by atoms with Gasteiger partial charge in [-0.1, -0.05) is 25.5 Å². The molecule has 2 aliphatic rings. The average molecular weight is 180 g/mol. The molecule has 1 N–H and O–H groups in total. The van der Waals surface area contributed by atoms with Crippen LogP contribution in [-0.2, 0) is 0 Å². The van der Waals surface area contributed by atoms with Gasteiger partial charge in [0, 0.05) is 5.92 Å². The van der Waals surface area contributed by atoms with Gasteiger partial charge in [0.2, 0.25) is 0 Å². The van der Waals surface area contributed by atoms with Crippen LogP contribution in [0, 0.1) is 23.2 Å². The molecule has 4 atom stereocenters. The smallest absolute Gasteiger partial charge is 0.0577 e. The maximum atomic E-state index is 9.61. The summed E-state index contributed by atoms with van der Waals surface area (Å²) in [4.78, 5) is 0. The number of rotatable bonds is 1. The number of fused-ring (bicyclic) bond motifs is 1. The molecular formula is C12H20O. The Hall–Kier alpha value is -0.300. The Morgan fingerprint density at radius 1 is 1.54 bits per heavy atom. The topological polar surface area (TPSA) is 20.2 Å². The predicted molar refractivity (Wildman–Crippen MR) is 54.3 cm³/mol. The molecule has 1 heteroatoms. The number of aliphatic hydroxyl groups excluding tert-OH is 1. The molecule has 2 aliphatic carbocycles. The highest BCUT2D eigenvalue weighted by atomic mass is 16.3. The van der Waals surface area contributed by atoms with Crippen LogP contribution in [0.2, 0.25) is 0 Å². The Morgan fingerprint density at radius 3 is 2.69 bits per heavy atom. The molecular weight excluding hydrogens is 160 g/mol. The van der Waals surface area contributed by atoms with E-state index in [0.717, 1.165) is 11.8 Å². The molecule has 0 aromatic heterocycles. The number of hydrogen-bond acceptors (Lipinski definition) is 1. The Balaban J connectivity index is 2.17. The monoisotopic (exact) mass is 180 g/mol. The standard InChI is InChI=1S/C12H20O/c1-7-5-10-11(12(10,3)4)6-9(7)8(2)13/h5,8-11,13H,6H2,1-4H3/t8?,9-,10+,11-/m1/s1. The quantitative estimate of drug-likeness (QED) is 0.615. The van der Waals surface area contributed by atoms with Crippen LogP contribution in [0.1, 0.15) is 34.1 Å². The van der Waals surface area contributed by atoms with Gasteiger partial charge in [0.1, 0.15) is 0 Å². The molecule has 0 aromatic carbocycles. The zero-order valence-electron chi connectivity index (χ0n) is 9.04. The summed E-state index contributed by atoms with van der Waals surface area (Å²) in [6.07, 6.45) is 3.41. The van der Waals surface area contributed by atoms with Crippen molar-refractivity contribution in [2.75, 3.05) is 0 Å². The van der Waals surface area contributed by atoms with Gasteiger partial charge in [-0.25, -0.2) is 0 Å². The van der Waals surface area contributed by atoms with Crippen molar-refractivity contribution >= 4 is 0 Å². The second-order valence-corrected chi connectivity index (χ2v) is 5.45. The average Bonchev–Trinajstić information content (AvgIpc) is 2.52. The van der Waals surface area contributed by atoms with Crippen molar-refractivity contribution in [3.63, 3.8) is 0 Å². The molecule has 13 heavy (non-hydrogen) atoms. The number of allylic oxidation sites excluding steroid dienone is 1. The van der Waals surface area contributed by atoms with Gasteiger partial charge in [-0.3, -0.25) is 0 Å². The van der Waals surface area contributed by atoms with Crippen LogP contribution in [0.15, 0.2) is 11.6 Å². The lowest BCUT2D eigenvalue weighted by molar-refractivity contribution is 0.130. The van der Waals surface area contributed by atoms with E-state index in [1.807, 2.05) is 6.92 Å². The Labute approximate surface area is 80.8 Å². The third kappa shape index (κ3) is 1.25. The third-order valence-corrected chi connectivity index (χ3v) is 4.26. The van der Waals surface area contributed by atoms with E-state index >= 15 is 0 Å². The van der Waals surface area contributed by atoms with Crippen LogP contribution in [0.3, 0.4) is 0 Å². The maximum absolute atomic E-state index is 9.61. The minimum absolute atomic E-state index is 0.173. The summed E-state index contributed by atoms with van der Waals surface area (Å²) >= 11 is 0. The van der Waals surface area contributed by atoms with Gasteiger partial charge in [-0.2, -0.15) is 0 Å². The summed E-state index contributed by atoms with van der Waals surface area (Å²) in [5, 5.41) is 9.61. The number of aliphatic hydroxyl groups is 1. The highest BCUT2D eigenvalue weighted by Gasteiger charge is 2.58. The van der Waals surface area contributed by atoms with Gasteiger partial charge in [0.05, 0.1) is 6.10 Å². The fourth-order valence-corrected chi connectivity index (χ4v) is 3.01. The molecule has 0 aliphatic heterocycles. The first-order valence-electron chi connectivity index (χ1n) is 5.31. The SMILES string of the molecule is CC1=C[C@H]2[C@@H](C[C@H]1C(C)O)C2(C)C. The first-order valence-corrected chi connectivity index (χ1v) is 5.31. The van der Waals surface area contributed by atoms with Crippen molar-refractivity contribution < 1.29 is 5.11 Å². The normalized spacial score (nSPS) is 43.5. The highest BCUT2D eigenvalue weighted by Crippen LogP contribution is 2.64. The van der Waals surface area contributed by atoms with E-state index in [1.54, 1.807) is 0 Å². The summed E-state index contributed by atoms with van der Waals surface area (Å²) < 4.78 is 0. The van der Waals surface area contributed by atoms with Gasteiger partial charge in [0.25, 0.3) is 0 Å². The van der Waals surface area contributed by atoms with E-state index in [1.165, 1.54) is 12.0 Å². The zero-order valence-corrected chi connectivity index (χ0v) is 9.04. The van der Waals surface area contributed by atoms with Crippen LogP contribution in [0.4, 0.5) is 0 Å². The van der Waals surface area contributed by atoms with E-state index in [4.69, 9.17) is 0 Å². The van der Waals surface area contributed by atoms with Crippen molar-refractivity contribution in [2.45, 2.75) is 40.2 Å². The van der Waals surface area contributed by atoms with Crippen molar-refractivity contribution in [1.82, 2.24) is 0 Å². The van der Waals surface area contributed by atoms with Crippen LogP contribution >= 0.6 is 0 Å². The molecule has 2 rings (SSSR count). The summed E-state index contributed by atoms with van der Waals surface area (Å²) in [6, 6.07) is 0. The molecule has 74 valence electrons. The van der Waals surface area contributed by atoms with E-state index < -0.39 is 0 Å². The minimum Gasteiger partial charge on any atom is -0.393 e. The Morgan fingerprint density at radius 2 is 2.15 bits per heavy atom. The van der Waals surface area contributed by atoms with Crippen molar-refractivity contribution in [2.24, 2.45) is 23.2 Å². The van der Waals surface area contributed by atoms with Crippen LogP contribution in [-0.4, -0.2) is 11.2 Å². The van der Waals surface area contributed by atoms with Gasteiger partial charge >= 0.3 is 0 Å². The van der Waals surface area contributed by atoms with Gasteiger partial charge < -0.3 is 5.11 Å². The zero-order chi connectivity index (χ0) is 9.80. The van der Waals surface area contributed by atoms with Crippen molar-refractivity contribution in [1.29, 1.82) is 0 Å². The minimum atomic E-state index is -0.173. The molecule has 1 fully saturated rings. The van der Waals surface area contributed by atoms with Gasteiger partial charge in [-0.15, -0.1) is 0 Å². The Kier molecular flexibility index (Phi) is 1.85. The van der Waals surface area contributed by atoms with Crippen molar-refractivity contribution in [3.05, 3.63) is 11.6 Å². The van der Waals surface area contributed by atoms with Gasteiger partial charge in [-0.05, 0) is 37.5 Å². The molecule has 1 unspecified atom stereocenters. The molecule has 0 amide bonds. The first kappa shape index (κ1) is 9.26. The maximum Gasteiger partial charge on any atom is 0.0577 e. The van der Waals surface area contributed by atoms with E-state index in [9.17, 15) is 5.11 Å². The lowest BCUT2D eigenvalue weighted by Crippen LogP contribution is -2.21. The third-order valence-electron chi connectivity index (χ3n) is 4.26. The fraction of sp³-hybridized carbons (Fsp3) is 0.833. The van der Waals surface area contributed by atoms with Crippen molar-refractivity contribution in [3.8, 4) is 0 Å². The summed E-state index contributed by atoms with van der Waals surface area (Å²) in [5.74, 6) is 2.04. The van der Waals surface area contributed by atoms with Gasteiger partial charge in [0.15, 0.2) is 0 Å². The molecule has 0 radical (unpaired) electrons. The molecule has 0 bridgehead atoms. The molecule has 1 saturated carbocycles. The van der Waals surface area contributed by atoms with E-state index in [-0.39, 0.29) is 6.10 Å². The summed E-state index contributed by atoms with van der Waals surface area (Å²) in [6.45, 7) is 8.77. The summed E-state index contributed by atoms with van der Waals surface area (Å²) in [7, 11) is 0. The second kappa shape index (κ2) is 2.60. The van der Waals surface area contributed by atoms with Crippen LogP contribution < -0.4 is 0 Å². The van der Waals surface area contributed by atoms with Crippen LogP contribution in [0.5, 0.6) is 0 Å². The second-order valence-electron chi connectivity index (χ2n) is 5.45. The summed E-state index contributed by atoms with van der Waals surface area (Å²) in [5.41, 5.74) is 1.91. The molecule has 0 aromatic rings. The lowest BCUT2D eigenvalue weighted by Gasteiger charge is -2.23. The Bertz CT molecular complexity index is 250. The van der Waals surface area contributed by atoms with Crippen LogP contribution in [0.25, 0.3) is 0 Å². The highest BCUT2D eigenvalue weighted by molar-refractivity contribution is 5.25. The molecule has 1 nitrogen and oxygen atoms in total. The lowest BCUT2D eigenvalue weighted by atomic mass is 9.85. The molecule has 0 saturated heterocycles. The molecule has 0 spiro atoms.